The molecular weight excluding hydrogens is 341 g/mol. The minimum absolute atomic E-state index is 0.388. The van der Waals surface area contributed by atoms with Gasteiger partial charge in [-0.15, -0.1) is 0 Å². The molecule has 2 rings (SSSR count). The fourth-order valence-corrected chi connectivity index (χ4v) is 3.08. The van der Waals surface area contributed by atoms with Crippen molar-refractivity contribution in [1.82, 2.24) is 0 Å². The van der Waals surface area contributed by atoms with Crippen molar-refractivity contribution in [2.75, 3.05) is 18.0 Å². The second kappa shape index (κ2) is 5.07. The summed E-state index contributed by atoms with van der Waals surface area (Å²) < 4.78 is 0.964. The van der Waals surface area contributed by atoms with Crippen molar-refractivity contribution < 1.29 is 9.90 Å². The van der Waals surface area contributed by atoms with E-state index in [1.165, 1.54) is 0 Å². The van der Waals surface area contributed by atoms with Crippen LogP contribution in [0.3, 0.4) is 0 Å². The highest BCUT2D eigenvalue weighted by atomic mass is 127. The van der Waals surface area contributed by atoms with Crippen LogP contribution >= 0.6 is 22.6 Å². The monoisotopic (exact) mass is 359 g/mol. The minimum Gasteiger partial charge on any atom is -0.478 e. The average Bonchev–Trinajstić information content (AvgIpc) is 2.30. The fraction of sp³-hybridized carbons (Fsp3) is 0.500. The lowest BCUT2D eigenvalue weighted by Gasteiger charge is -2.51. The molecule has 1 heterocycles. The Kier molecular flexibility index (Phi) is 3.84. The van der Waals surface area contributed by atoms with Gasteiger partial charge in [0, 0.05) is 22.1 Å². The molecule has 0 radical (unpaired) electrons. The Morgan fingerprint density at radius 2 is 2.00 bits per heavy atom. The van der Waals surface area contributed by atoms with Crippen LogP contribution in [0.25, 0.3) is 0 Å². The van der Waals surface area contributed by atoms with Gasteiger partial charge in [0.25, 0.3) is 0 Å². The molecule has 1 aromatic rings. The predicted molar refractivity (Wildman–Crippen MR) is 81.3 cm³/mol. The topological polar surface area (TPSA) is 40.5 Å². The lowest BCUT2D eigenvalue weighted by molar-refractivity contribution is 0.0696. The molecule has 0 aromatic heterocycles. The van der Waals surface area contributed by atoms with Crippen LogP contribution in [0.5, 0.6) is 0 Å². The third kappa shape index (κ3) is 2.35. The van der Waals surface area contributed by atoms with Crippen molar-refractivity contribution in [3.05, 3.63) is 27.3 Å². The van der Waals surface area contributed by atoms with Gasteiger partial charge < -0.3 is 10.0 Å². The zero-order valence-corrected chi connectivity index (χ0v) is 12.9. The highest BCUT2D eigenvalue weighted by molar-refractivity contribution is 14.1. The second-order valence-electron chi connectivity index (χ2n) is 5.03. The van der Waals surface area contributed by atoms with Crippen LogP contribution in [0.1, 0.15) is 37.0 Å². The number of carboxylic acid groups (broad SMARTS) is 1. The van der Waals surface area contributed by atoms with Crippen LogP contribution in [0, 0.1) is 8.99 Å². The quantitative estimate of drug-likeness (QED) is 0.835. The van der Waals surface area contributed by atoms with E-state index >= 15 is 0 Å². The number of rotatable bonds is 4. The first-order valence-electron chi connectivity index (χ1n) is 6.29. The molecular formula is C14H18INO2. The van der Waals surface area contributed by atoms with E-state index in [1.807, 2.05) is 12.1 Å². The van der Waals surface area contributed by atoms with Gasteiger partial charge in [0.1, 0.15) is 0 Å². The number of carboxylic acids is 1. The second-order valence-corrected chi connectivity index (χ2v) is 6.28. The maximum Gasteiger partial charge on any atom is 0.337 e. The average molecular weight is 359 g/mol. The Labute approximate surface area is 121 Å². The summed E-state index contributed by atoms with van der Waals surface area (Å²) in [5, 5.41) is 9.27. The van der Waals surface area contributed by atoms with Crippen LogP contribution in [0.4, 0.5) is 5.69 Å². The molecule has 1 aliphatic rings. The normalized spacial score (nSPS) is 17.4. The maximum atomic E-state index is 11.3. The number of carbonyl (C=O) groups is 1. The third-order valence-electron chi connectivity index (χ3n) is 4.08. The molecule has 0 aliphatic carbocycles. The van der Waals surface area contributed by atoms with E-state index in [2.05, 4.69) is 41.3 Å². The minimum atomic E-state index is -0.839. The van der Waals surface area contributed by atoms with Gasteiger partial charge in [-0.25, -0.2) is 4.79 Å². The molecule has 0 spiro atoms. The molecule has 0 atom stereocenters. The largest absolute Gasteiger partial charge is 0.478 e. The van der Waals surface area contributed by atoms with Gasteiger partial charge in [-0.05, 0) is 53.6 Å². The first kappa shape index (κ1) is 13.6. The summed E-state index contributed by atoms with van der Waals surface area (Å²) in [6.07, 6.45) is 2.32. The van der Waals surface area contributed by atoms with E-state index in [0.717, 1.165) is 35.2 Å². The Balaban J connectivity index is 2.24. The molecule has 4 heteroatoms. The molecule has 1 aliphatic heterocycles. The molecule has 1 fully saturated rings. The van der Waals surface area contributed by atoms with Crippen molar-refractivity contribution in [3.63, 3.8) is 0 Å². The van der Waals surface area contributed by atoms with Crippen LogP contribution in [0.15, 0.2) is 18.2 Å². The summed E-state index contributed by atoms with van der Waals surface area (Å²) in [5.41, 5.74) is 1.67. The third-order valence-corrected chi connectivity index (χ3v) is 4.75. The van der Waals surface area contributed by atoms with E-state index in [1.54, 1.807) is 6.07 Å². The van der Waals surface area contributed by atoms with Crippen LogP contribution in [-0.2, 0) is 0 Å². The highest BCUT2D eigenvalue weighted by Crippen LogP contribution is 2.41. The zero-order chi connectivity index (χ0) is 13.3. The Bertz CT molecular complexity index is 461. The Morgan fingerprint density at radius 3 is 2.50 bits per heavy atom. The number of hydrogen-bond acceptors (Lipinski definition) is 2. The molecule has 3 nitrogen and oxygen atoms in total. The summed E-state index contributed by atoms with van der Waals surface area (Å²) in [5.74, 6) is -0.839. The van der Waals surface area contributed by atoms with Gasteiger partial charge >= 0.3 is 5.97 Å². The van der Waals surface area contributed by atoms with Gasteiger partial charge in [-0.2, -0.15) is 0 Å². The van der Waals surface area contributed by atoms with Crippen LogP contribution < -0.4 is 4.90 Å². The highest BCUT2D eigenvalue weighted by Gasteiger charge is 2.40. The van der Waals surface area contributed by atoms with Crippen molar-refractivity contribution in [3.8, 4) is 0 Å². The Morgan fingerprint density at radius 1 is 1.39 bits per heavy atom. The predicted octanol–water partition coefficient (Wildman–Crippen LogP) is 3.62. The molecule has 1 N–H and O–H groups in total. The summed E-state index contributed by atoms with van der Waals surface area (Å²) in [4.78, 5) is 13.5. The molecule has 1 aromatic carbocycles. The smallest absolute Gasteiger partial charge is 0.337 e. The SMILES string of the molecule is CCC1(CC)CN(c2ccc(I)cc2C(=O)O)C1. The lowest BCUT2D eigenvalue weighted by Crippen LogP contribution is -2.56. The summed E-state index contributed by atoms with van der Waals surface area (Å²) in [6.45, 7) is 6.38. The van der Waals surface area contributed by atoms with Gasteiger partial charge in [0.05, 0.1) is 11.3 Å². The molecule has 18 heavy (non-hydrogen) atoms. The van der Waals surface area contributed by atoms with Gasteiger partial charge in [-0.1, -0.05) is 13.8 Å². The number of aromatic carboxylic acids is 1. The summed E-state index contributed by atoms with van der Waals surface area (Å²) in [6, 6.07) is 5.65. The van der Waals surface area contributed by atoms with Crippen molar-refractivity contribution in [1.29, 1.82) is 0 Å². The van der Waals surface area contributed by atoms with E-state index in [-0.39, 0.29) is 0 Å². The van der Waals surface area contributed by atoms with Crippen molar-refractivity contribution >= 4 is 34.2 Å². The van der Waals surface area contributed by atoms with E-state index in [4.69, 9.17) is 0 Å². The zero-order valence-electron chi connectivity index (χ0n) is 10.7. The van der Waals surface area contributed by atoms with Crippen LogP contribution in [-0.4, -0.2) is 24.2 Å². The van der Waals surface area contributed by atoms with E-state index < -0.39 is 5.97 Å². The maximum absolute atomic E-state index is 11.3. The van der Waals surface area contributed by atoms with Crippen molar-refractivity contribution in [2.45, 2.75) is 26.7 Å². The lowest BCUT2D eigenvalue weighted by atomic mass is 9.75. The standard InChI is InChI=1S/C14H18INO2/c1-3-14(4-2)8-16(9-14)12-6-5-10(15)7-11(12)13(17)18/h5-7H,3-4,8-9H2,1-2H3,(H,17,18). The van der Waals surface area contributed by atoms with E-state index in [9.17, 15) is 9.90 Å². The van der Waals surface area contributed by atoms with Gasteiger partial charge in [0.2, 0.25) is 0 Å². The number of anilines is 1. The van der Waals surface area contributed by atoms with Gasteiger partial charge in [-0.3, -0.25) is 0 Å². The first-order valence-corrected chi connectivity index (χ1v) is 7.37. The first-order chi connectivity index (χ1) is 8.51. The summed E-state index contributed by atoms with van der Waals surface area (Å²) in [7, 11) is 0. The number of hydrogen-bond donors (Lipinski definition) is 1. The number of nitrogens with zero attached hydrogens (tertiary/aromatic N) is 1. The van der Waals surface area contributed by atoms with Crippen molar-refractivity contribution in [2.24, 2.45) is 5.41 Å². The molecule has 0 saturated carbocycles. The van der Waals surface area contributed by atoms with Crippen LogP contribution in [0.2, 0.25) is 0 Å². The number of benzene rings is 1. The van der Waals surface area contributed by atoms with Gasteiger partial charge in [0.15, 0.2) is 0 Å². The van der Waals surface area contributed by atoms with E-state index in [0.29, 0.717) is 11.0 Å². The molecule has 0 unspecified atom stereocenters. The molecule has 1 saturated heterocycles. The Hall–Kier alpha value is -0.780. The molecule has 0 amide bonds. The number of halogens is 1. The fourth-order valence-electron chi connectivity index (χ4n) is 2.59. The molecule has 98 valence electrons. The summed E-state index contributed by atoms with van der Waals surface area (Å²) >= 11 is 2.15. The molecule has 0 bridgehead atoms.